The van der Waals surface area contributed by atoms with Crippen LogP contribution in [0.3, 0.4) is 0 Å². The maximum absolute atomic E-state index is 13.4. The van der Waals surface area contributed by atoms with E-state index in [-0.39, 0.29) is 17.9 Å². The number of carbonyl (C=O) groups is 2. The van der Waals surface area contributed by atoms with Crippen molar-refractivity contribution in [3.8, 4) is 0 Å². The average molecular weight is 495 g/mol. The molecule has 188 valence electrons. The van der Waals surface area contributed by atoms with Gasteiger partial charge in [-0.15, -0.1) is 0 Å². The molecule has 6 heteroatoms. The molecule has 4 aromatic rings. The van der Waals surface area contributed by atoms with Gasteiger partial charge in [-0.2, -0.15) is 0 Å². The van der Waals surface area contributed by atoms with Crippen LogP contribution in [0.2, 0.25) is 0 Å². The first-order valence-corrected chi connectivity index (χ1v) is 12.5. The van der Waals surface area contributed by atoms with Gasteiger partial charge in [-0.25, -0.2) is 9.78 Å². The fraction of sp³-hybridized carbons (Fsp3) is 0.258. The largest absolute Gasteiger partial charge is 0.465 e. The van der Waals surface area contributed by atoms with E-state index in [1.807, 2.05) is 66.7 Å². The van der Waals surface area contributed by atoms with Crippen LogP contribution in [-0.4, -0.2) is 23.5 Å². The lowest BCUT2D eigenvalue weighted by atomic mass is 9.86. The summed E-state index contributed by atoms with van der Waals surface area (Å²) in [6.07, 6.45) is 6.04. The van der Waals surface area contributed by atoms with Crippen molar-refractivity contribution >= 4 is 40.1 Å². The summed E-state index contributed by atoms with van der Waals surface area (Å²) in [5, 5.41) is 3.54. The molecule has 2 aromatic carbocycles. The second-order valence-corrected chi connectivity index (χ2v) is 10.3. The molecule has 1 N–H and O–H groups in total. The second-order valence-electron chi connectivity index (χ2n) is 10.3. The second kappa shape index (κ2) is 10.1. The molecule has 1 aliphatic rings. The first-order valence-electron chi connectivity index (χ1n) is 12.5. The topological polar surface area (TPSA) is 81.4 Å². The summed E-state index contributed by atoms with van der Waals surface area (Å²) in [6, 6.07) is 19.0. The number of furan rings is 1. The zero-order valence-corrected chi connectivity index (χ0v) is 21.3. The summed E-state index contributed by atoms with van der Waals surface area (Å²) in [6.45, 7) is 6.03. The minimum absolute atomic E-state index is 0.0253. The number of para-hydroxylation sites is 1. The highest BCUT2D eigenvalue weighted by Gasteiger charge is 2.26. The lowest BCUT2D eigenvalue weighted by Crippen LogP contribution is -2.22. The smallest absolute Gasteiger partial charge is 0.339 e. The van der Waals surface area contributed by atoms with Gasteiger partial charge in [0.25, 0.3) is 5.91 Å². The quantitative estimate of drug-likeness (QED) is 0.309. The molecule has 0 radical (unpaired) electrons. The Kier molecular flexibility index (Phi) is 6.66. The van der Waals surface area contributed by atoms with Crippen molar-refractivity contribution in [2.24, 2.45) is 0 Å². The van der Waals surface area contributed by atoms with Crippen LogP contribution in [0.15, 0.2) is 71.3 Å². The van der Waals surface area contributed by atoms with E-state index in [0.29, 0.717) is 23.2 Å². The molecule has 0 atom stereocenters. The number of fused-ring (bicyclic) bond motifs is 2. The van der Waals surface area contributed by atoms with E-state index in [1.165, 1.54) is 5.56 Å². The highest BCUT2D eigenvalue weighted by molar-refractivity contribution is 6.07. The number of amides is 1. The van der Waals surface area contributed by atoms with Crippen molar-refractivity contribution in [3.63, 3.8) is 0 Å². The Morgan fingerprint density at radius 3 is 2.54 bits per heavy atom. The van der Waals surface area contributed by atoms with Crippen LogP contribution in [0.4, 0.5) is 5.69 Å². The molecule has 2 aromatic heterocycles. The van der Waals surface area contributed by atoms with Crippen LogP contribution in [-0.2, 0) is 21.4 Å². The van der Waals surface area contributed by atoms with E-state index in [1.54, 1.807) is 6.26 Å². The molecule has 1 amide bonds. The number of benzene rings is 2. The van der Waals surface area contributed by atoms with Crippen molar-refractivity contribution in [1.82, 2.24) is 4.98 Å². The summed E-state index contributed by atoms with van der Waals surface area (Å²) in [5.74, 6) is -0.163. The Morgan fingerprint density at radius 1 is 1.03 bits per heavy atom. The van der Waals surface area contributed by atoms with E-state index in [0.717, 1.165) is 40.8 Å². The van der Waals surface area contributed by atoms with Crippen molar-refractivity contribution < 1.29 is 18.7 Å². The zero-order chi connectivity index (χ0) is 26.0. The predicted octanol–water partition coefficient (Wildman–Crippen LogP) is 6.80. The first-order chi connectivity index (χ1) is 17.8. The standard InChI is InChI=1S/C31H30N2O4/c1-31(2,3)21-13-15-22(16-14-21)32-27(34)19-37-30(35)28-24-10-4-5-12-26(24)33-29-20(8-6-11-25(28)29)18-23-9-7-17-36-23/h4-5,7,9-10,12-18H,6,8,11,19H2,1-3H3,(H,32,34)/b20-18-. The Morgan fingerprint density at radius 2 is 1.81 bits per heavy atom. The van der Waals surface area contributed by atoms with Gasteiger partial charge in [0.05, 0.1) is 23.0 Å². The minimum atomic E-state index is -0.521. The number of allylic oxidation sites excluding steroid dienone is 1. The summed E-state index contributed by atoms with van der Waals surface area (Å²) < 4.78 is 11.1. The molecule has 0 unspecified atom stereocenters. The molecule has 0 spiro atoms. The third kappa shape index (κ3) is 5.33. The normalized spacial score (nSPS) is 14.4. The first kappa shape index (κ1) is 24.5. The van der Waals surface area contributed by atoms with Gasteiger partial charge in [0, 0.05) is 11.1 Å². The van der Waals surface area contributed by atoms with Crippen LogP contribution in [0.1, 0.15) is 66.6 Å². The van der Waals surface area contributed by atoms with E-state index >= 15 is 0 Å². The molecule has 1 aliphatic carbocycles. The number of carbonyl (C=O) groups excluding carboxylic acids is 2. The fourth-order valence-corrected chi connectivity index (χ4v) is 4.71. The molecular formula is C31H30N2O4. The predicted molar refractivity (Wildman–Crippen MR) is 145 cm³/mol. The van der Waals surface area contributed by atoms with Gasteiger partial charge in [-0.05, 0) is 77.8 Å². The van der Waals surface area contributed by atoms with Gasteiger partial charge < -0.3 is 14.5 Å². The van der Waals surface area contributed by atoms with Gasteiger partial charge in [-0.3, -0.25) is 4.79 Å². The molecular weight excluding hydrogens is 464 g/mol. The lowest BCUT2D eigenvalue weighted by Gasteiger charge is -2.22. The lowest BCUT2D eigenvalue weighted by molar-refractivity contribution is -0.119. The summed E-state index contributed by atoms with van der Waals surface area (Å²) in [4.78, 5) is 30.9. The number of ether oxygens (including phenoxy) is 1. The molecule has 5 rings (SSSR count). The van der Waals surface area contributed by atoms with Crippen LogP contribution >= 0.6 is 0 Å². The number of rotatable bonds is 5. The third-order valence-corrected chi connectivity index (χ3v) is 6.60. The molecule has 0 saturated heterocycles. The van der Waals surface area contributed by atoms with E-state index in [4.69, 9.17) is 14.1 Å². The minimum Gasteiger partial charge on any atom is -0.465 e. The van der Waals surface area contributed by atoms with Crippen LogP contribution < -0.4 is 5.32 Å². The van der Waals surface area contributed by atoms with Crippen molar-refractivity contribution in [2.45, 2.75) is 45.4 Å². The maximum Gasteiger partial charge on any atom is 0.339 e. The number of hydrogen-bond acceptors (Lipinski definition) is 5. The van der Waals surface area contributed by atoms with Gasteiger partial charge in [-0.1, -0.05) is 51.1 Å². The van der Waals surface area contributed by atoms with Crippen LogP contribution in [0.5, 0.6) is 0 Å². The van der Waals surface area contributed by atoms with E-state index in [2.05, 4.69) is 26.1 Å². The molecule has 0 fully saturated rings. The molecule has 0 aliphatic heterocycles. The number of esters is 1. The Bertz CT molecular complexity index is 1480. The third-order valence-electron chi connectivity index (χ3n) is 6.60. The molecule has 37 heavy (non-hydrogen) atoms. The summed E-state index contributed by atoms with van der Waals surface area (Å²) in [5.41, 5.74) is 5.71. The Labute approximate surface area is 216 Å². The summed E-state index contributed by atoms with van der Waals surface area (Å²) >= 11 is 0. The van der Waals surface area contributed by atoms with E-state index in [9.17, 15) is 9.59 Å². The number of nitrogens with zero attached hydrogens (tertiary/aromatic N) is 1. The van der Waals surface area contributed by atoms with E-state index < -0.39 is 5.97 Å². The van der Waals surface area contributed by atoms with Crippen molar-refractivity contribution in [3.05, 3.63) is 95.1 Å². The maximum atomic E-state index is 13.4. The Hall–Kier alpha value is -4.19. The van der Waals surface area contributed by atoms with Gasteiger partial charge in [0.15, 0.2) is 6.61 Å². The van der Waals surface area contributed by atoms with Crippen molar-refractivity contribution in [2.75, 3.05) is 11.9 Å². The number of anilines is 1. The molecule has 0 saturated carbocycles. The number of hydrogen-bond donors (Lipinski definition) is 1. The van der Waals surface area contributed by atoms with Gasteiger partial charge in [0.2, 0.25) is 0 Å². The highest BCUT2D eigenvalue weighted by atomic mass is 16.5. The summed E-state index contributed by atoms with van der Waals surface area (Å²) in [7, 11) is 0. The number of nitrogens with one attached hydrogen (secondary N) is 1. The van der Waals surface area contributed by atoms with Crippen LogP contribution in [0.25, 0.3) is 22.6 Å². The van der Waals surface area contributed by atoms with Crippen LogP contribution in [0, 0.1) is 0 Å². The monoisotopic (exact) mass is 494 g/mol. The van der Waals surface area contributed by atoms with Crippen molar-refractivity contribution in [1.29, 1.82) is 0 Å². The average Bonchev–Trinajstić information content (AvgIpc) is 3.39. The zero-order valence-electron chi connectivity index (χ0n) is 21.3. The number of aromatic nitrogens is 1. The molecule has 2 heterocycles. The fourth-order valence-electron chi connectivity index (χ4n) is 4.71. The van der Waals surface area contributed by atoms with Gasteiger partial charge >= 0.3 is 5.97 Å². The molecule has 6 nitrogen and oxygen atoms in total. The Balaban J connectivity index is 1.38. The van der Waals surface area contributed by atoms with Gasteiger partial charge in [0.1, 0.15) is 5.76 Å². The number of pyridine rings is 1. The highest BCUT2D eigenvalue weighted by Crippen LogP contribution is 2.36. The molecule has 0 bridgehead atoms. The SMILES string of the molecule is CC(C)(C)c1ccc(NC(=O)COC(=O)c2c3c(nc4ccccc24)/C(=C\c2ccco2)CCC3)cc1.